The molecule has 0 aliphatic heterocycles. The zero-order valence-corrected chi connectivity index (χ0v) is 12.5. The monoisotopic (exact) mass is 302 g/mol. The van der Waals surface area contributed by atoms with Gasteiger partial charge in [0, 0.05) is 24.4 Å². The number of hydrogen-bond donors (Lipinski definition) is 2. The summed E-state index contributed by atoms with van der Waals surface area (Å²) in [6, 6.07) is 6.85. The van der Waals surface area contributed by atoms with Crippen LogP contribution in [-0.4, -0.2) is 37.3 Å². The lowest BCUT2D eigenvalue weighted by Crippen LogP contribution is -2.44. The Hall–Kier alpha value is -2.70. The molecule has 1 amide bonds. The van der Waals surface area contributed by atoms with Gasteiger partial charge in [-0.15, -0.1) is 0 Å². The van der Waals surface area contributed by atoms with Crippen LogP contribution in [0.5, 0.6) is 0 Å². The van der Waals surface area contributed by atoms with Crippen LogP contribution in [0.25, 0.3) is 5.82 Å². The summed E-state index contributed by atoms with van der Waals surface area (Å²) in [5, 5.41) is 15.6. The summed E-state index contributed by atoms with van der Waals surface area (Å²) in [5.74, 6) is -0.688. The van der Waals surface area contributed by atoms with E-state index in [4.69, 9.17) is 5.11 Å². The normalized spacial score (nSPS) is 11.2. The van der Waals surface area contributed by atoms with Crippen LogP contribution in [0.1, 0.15) is 37.2 Å². The van der Waals surface area contributed by atoms with Gasteiger partial charge < -0.3 is 10.4 Å². The number of amides is 1. The second kappa shape index (κ2) is 6.38. The molecular weight excluding hydrogens is 284 g/mol. The van der Waals surface area contributed by atoms with E-state index < -0.39 is 11.5 Å². The number of nitrogens with one attached hydrogen (secondary N) is 1. The van der Waals surface area contributed by atoms with Gasteiger partial charge in [-0.05, 0) is 38.5 Å². The Bertz CT molecular complexity index is 665. The van der Waals surface area contributed by atoms with Gasteiger partial charge in [-0.2, -0.15) is 5.10 Å². The van der Waals surface area contributed by atoms with Crippen LogP contribution in [0.2, 0.25) is 0 Å². The number of pyridine rings is 1. The van der Waals surface area contributed by atoms with Crippen molar-refractivity contribution in [3.8, 4) is 5.82 Å². The van der Waals surface area contributed by atoms with Crippen LogP contribution in [0.4, 0.5) is 0 Å². The topological polar surface area (TPSA) is 97.1 Å². The molecule has 0 aliphatic carbocycles. The van der Waals surface area contributed by atoms with E-state index in [2.05, 4.69) is 15.4 Å². The fourth-order valence-electron chi connectivity index (χ4n) is 1.93. The number of carbonyl (C=O) groups is 2. The molecule has 0 radical (unpaired) electrons. The molecule has 0 saturated heterocycles. The molecule has 2 aromatic heterocycles. The fourth-order valence-corrected chi connectivity index (χ4v) is 1.93. The van der Waals surface area contributed by atoms with Gasteiger partial charge in [-0.25, -0.2) is 9.67 Å². The molecular formula is C15H18N4O3. The van der Waals surface area contributed by atoms with Gasteiger partial charge in [0.1, 0.15) is 5.69 Å². The Morgan fingerprint density at radius 1 is 1.32 bits per heavy atom. The lowest BCUT2D eigenvalue weighted by molar-refractivity contribution is -0.137. The Morgan fingerprint density at radius 2 is 2.09 bits per heavy atom. The minimum Gasteiger partial charge on any atom is -0.481 e. The summed E-state index contributed by atoms with van der Waals surface area (Å²) in [5.41, 5.74) is -0.366. The maximum Gasteiger partial charge on any atom is 0.303 e. The van der Waals surface area contributed by atoms with Crippen LogP contribution < -0.4 is 5.32 Å². The van der Waals surface area contributed by atoms with Crippen molar-refractivity contribution >= 4 is 11.9 Å². The first-order valence-electron chi connectivity index (χ1n) is 6.89. The minimum atomic E-state index is -0.888. The van der Waals surface area contributed by atoms with Gasteiger partial charge in [0.25, 0.3) is 5.91 Å². The second-order valence-corrected chi connectivity index (χ2v) is 5.56. The molecule has 7 nitrogen and oxygen atoms in total. The van der Waals surface area contributed by atoms with Crippen molar-refractivity contribution in [3.63, 3.8) is 0 Å². The van der Waals surface area contributed by atoms with Crippen molar-refractivity contribution in [2.75, 3.05) is 0 Å². The van der Waals surface area contributed by atoms with E-state index in [1.165, 1.54) is 0 Å². The van der Waals surface area contributed by atoms with Gasteiger partial charge in [-0.3, -0.25) is 9.59 Å². The van der Waals surface area contributed by atoms with Crippen LogP contribution in [0.3, 0.4) is 0 Å². The van der Waals surface area contributed by atoms with Crippen LogP contribution in [-0.2, 0) is 4.79 Å². The molecule has 0 bridgehead atoms. The molecule has 2 N–H and O–H groups in total. The molecule has 0 atom stereocenters. The van der Waals surface area contributed by atoms with Crippen LogP contribution in [0.15, 0.2) is 36.7 Å². The summed E-state index contributed by atoms with van der Waals surface area (Å²) in [6.45, 7) is 3.57. The predicted molar refractivity (Wildman–Crippen MR) is 79.8 cm³/mol. The van der Waals surface area contributed by atoms with E-state index in [0.717, 1.165) is 0 Å². The zero-order chi connectivity index (χ0) is 16.2. The average Bonchev–Trinajstić information content (AvgIpc) is 2.99. The summed E-state index contributed by atoms with van der Waals surface area (Å²) in [7, 11) is 0. The van der Waals surface area contributed by atoms with E-state index in [-0.39, 0.29) is 18.0 Å². The third-order valence-corrected chi connectivity index (χ3v) is 3.12. The van der Waals surface area contributed by atoms with E-state index in [1.54, 1.807) is 55.2 Å². The minimum absolute atomic E-state index is 0.00592. The third-order valence-electron chi connectivity index (χ3n) is 3.12. The SMILES string of the molecule is CC(C)(CCC(=O)O)NC(=O)c1cccc(-n2cccn2)n1. The molecule has 0 unspecified atom stereocenters. The van der Waals surface area contributed by atoms with Crippen molar-refractivity contribution < 1.29 is 14.7 Å². The molecule has 0 aliphatic rings. The molecule has 0 fully saturated rings. The lowest BCUT2D eigenvalue weighted by atomic mass is 9.98. The summed E-state index contributed by atoms with van der Waals surface area (Å²) in [6.07, 6.45) is 3.70. The van der Waals surface area contributed by atoms with Gasteiger partial charge >= 0.3 is 5.97 Å². The number of carboxylic acids is 1. The highest BCUT2D eigenvalue weighted by Gasteiger charge is 2.23. The first-order valence-corrected chi connectivity index (χ1v) is 6.89. The number of carboxylic acid groups (broad SMARTS) is 1. The van der Waals surface area contributed by atoms with Gasteiger partial charge in [0.05, 0.1) is 0 Å². The van der Waals surface area contributed by atoms with Crippen LogP contribution in [0, 0.1) is 0 Å². The van der Waals surface area contributed by atoms with E-state index in [0.29, 0.717) is 12.2 Å². The van der Waals surface area contributed by atoms with Crippen LogP contribution >= 0.6 is 0 Å². The highest BCUT2D eigenvalue weighted by atomic mass is 16.4. The van der Waals surface area contributed by atoms with Gasteiger partial charge in [0.15, 0.2) is 5.82 Å². The fraction of sp³-hybridized carbons (Fsp3) is 0.333. The van der Waals surface area contributed by atoms with Crippen molar-refractivity contribution in [2.45, 2.75) is 32.2 Å². The quantitative estimate of drug-likeness (QED) is 0.845. The number of carbonyl (C=O) groups excluding carboxylic acids is 1. The highest BCUT2D eigenvalue weighted by Crippen LogP contribution is 2.13. The Balaban J connectivity index is 2.09. The molecule has 0 spiro atoms. The Labute approximate surface area is 128 Å². The lowest BCUT2D eigenvalue weighted by Gasteiger charge is -2.25. The molecule has 7 heteroatoms. The molecule has 2 aromatic rings. The molecule has 22 heavy (non-hydrogen) atoms. The standard InChI is InChI=1S/C15H18N4O3/c1-15(2,8-7-13(20)21)18-14(22)11-5-3-6-12(17-11)19-10-4-9-16-19/h3-6,9-10H,7-8H2,1-2H3,(H,18,22)(H,20,21). The number of aliphatic carboxylic acids is 1. The van der Waals surface area contributed by atoms with Crippen molar-refractivity contribution in [1.82, 2.24) is 20.1 Å². The smallest absolute Gasteiger partial charge is 0.303 e. The van der Waals surface area contributed by atoms with Crippen molar-refractivity contribution in [2.24, 2.45) is 0 Å². The Morgan fingerprint density at radius 3 is 2.73 bits per heavy atom. The number of aromatic nitrogens is 3. The van der Waals surface area contributed by atoms with Gasteiger partial charge in [0.2, 0.25) is 0 Å². The van der Waals surface area contributed by atoms with E-state index in [1.807, 2.05) is 0 Å². The van der Waals surface area contributed by atoms with Crippen molar-refractivity contribution in [3.05, 3.63) is 42.4 Å². The summed E-state index contributed by atoms with van der Waals surface area (Å²) >= 11 is 0. The molecule has 2 heterocycles. The maximum absolute atomic E-state index is 12.3. The first-order chi connectivity index (χ1) is 10.4. The second-order valence-electron chi connectivity index (χ2n) is 5.56. The van der Waals surface area contributed by atoms with Gasteiger partial charge in [-0.1, -0.05) is 6.07 Å². The molecule has 2 rings (SSSR count). The highest BCUT2D eigenvalue weighted by molar-refractivity contribution is 5.93. The molecule has 116 valence electrons. The zero-order valence-electron chi connectivity index (χ0n) is 12.5. The van der Waals surface area contributed by atoms with Crippen molar-refractivity contribution in [1.29, 1.82) is 0 Å². The average molecular weight is 302 g/mol. The van der Waals surface area contributed by atoms with E-state index >= 15 is 0 Å². The predicted octanol–water partition coefficient (Wildman–Crippen LogP) is 1.64. The maximum atomic E-state index is 12.3. The first kappa shape index (κ1) is 15.7. The number of rotatable bonds is 6. The number of hydrogen-bond acceptors (Lipinski definition) is 4. The summed E-state index contributed by atoms with van der Waals surface area (Å²) in [4.78, 5) is 27.2. The largest absolute Gasteiger partial charge is 0.481 e. The Kier molecular flexibility index (Phi) is 4.55. The number of nitrogens with zero attached hydrogens (tertiary/aromatic N) is 3. The summed E-state index contributed by atoms with van der Waals surface area (Å²) < 4.78 is 1.56. The van der Waals surface area contributed by atoms with E-state index in [9.17, 15) is 9.59 Å². The molecule has 0 aromatic carbocycles. The molecule has 0 saturated carbocycles. The third kappa shape index (κ3) is 4.15.